The minimum Gasteiger partial charge on any atom is -0.462 e. The van der Waals surface area contributed by atoms with Crippen molar-refractivity contribution in [3.05, 3.63) is 38.0 Å². The molecular weight excluding hydrogens is 512 g/mol. The zero-order valence-corrected chi connectivity index (χ0v) is 22.6. The molecule has 12 heteroatoms. The van der Waals surface area contributed by atoms with Gasteiger partial charge < -0.3 is 14.8 Å². The molecule has 0 unspecified atom stereocenters. The van der Waals surface area contributed by atoms with Gasteiger partial charge in [0.25, 0.3) is 5.91 Å². The van der Waals surface area contributed by atoms with Crippen molar-refractivity contribution < 1.29 is 28.8 Å². The predicted octanol–water partition coefficient (Wildman–Crippen LogP) is 5.08. The Morgan fingerprint density at radius 3 is 2.32 bits per heavy atom. The van der Waals surface area contributed by atoms with Gasteiger partial charge in [-0.3, -0.25) is 19.6 Å². The first-order valence-corrected chi connectivity index (χ1v) is 14.0. The smallest absolute Gasteiger partial charge is 0.348 e. The maximum Gasteiger partial charge on any atom is 0.348 e. The Morgan fingerprint density at radius 1 is 1.13 bits per heavy atom. The lowest BCUT2D eigenvalue weighted by molar-refractivity contribution is -0.385. The van der Waals surface area contributed by atoms with Crippen LogP contribution in [0.2, 0.25) is 0 Å². The van der Waals surface area contributed by atoms with E-state index in [1.807, 2.05) is 6.92 Å². The second-order valence-electron chi connectivity index (χ2n) is 10.8. The van der Waals surface area contributed by atoms with Gasteiger partial charge >= 0.3 is 17.6 Å². The zero-order chi connectivity index (χ0) is 27.2. The van der Waals surface area contributed by atoms with E-state index in [-0.39, 0.29) is 45.6 Å². The largest absolute Gasteiger partial charge is 0.462 e. The third-order valence-electron chi connectivity index (χ3n) is 8.07. The maximum absolute atomic E-state index is 13.4. The van der Waals surface area contributed by atoms with Crippen LogP contribution in [0.1, 0.15) is 94.9 Å². The molecule has 0 spiro atoms. The molecule has 0 aliphatic heterocycles. The molecule has 1 amide bonds. The molecule has 1 N–H and O–H groups in total. The van der Waals surface area contributed by atoms with Crippen molar-refractivity contribution >= 4 is 39.9 Å². The van der Waals surface area contributed by atoms with Crippen LogP contribution in [-0.2, 0) is 15.0 Å². The maximum atomic E-state index is 13.4. The van der Waals surface area contributed by atoms with Crippen LogP contribution < -0.4 is 5.32 Å². The van der Waals surface area contributed by atoms with Gasteiger partial charge in [-0.2, -0.15) is 5.10 Å². The van der Waals surface area contributed by atoms with Crippen LogP contribution in [0.3, 0.4) is 0 Å². The molecule has 0 aromatic carbocycles. The van der Waals surface area contributed by atoms with E-state index in [4.69, 9.17) is 9.47 Å². The van der Waals surface area contributed by atoms with E-state index in [2.05, 4.69) is 10.4 Å². The first-order chi connectivity index (χ1) is 18.2. The van der Waals surface area contributed by atoms with Crippen LogP contribution in [0.15, 0.2) is 6.20 Å². The summed E-state index contributed by atoms with van der Waals surface area (Å²) in [7, 11) is 0. The van der Waals surface area contributed by atoms with Crippen molar-refractivity contribution in [1.29, 1.82) is 0 Å². The molecular formula is C26H32N4O7S. The van der Waals surface area contributed by atoms with E-state index in [0.717, 1.165) is 30.6 Å². The fourth-order valence-electron chi connectivity index (χ4n) is 6.92. The molecule has 2 heterocycles. The number of nitro groups is 1. The standard InChI is InChI=1S/C26H32N4O7S/c1-4-6-37-24(32)19-14(3)21(25(33)36-5-2)38-23(19)27-22(31)20-18(30(34)35)13-29(28-20)26-10-15-7-16(11-26)9-17(8-15)12-26/h13,15-17H,4-12H2,1-3H3,(H,27,31). The number of aromatic nitrogens is 2. The lowest BCUT2D eigenvalue weighted by Gasteiger charge is -2.56. The van der Waals surface area contributed by atoms with Gasteiger partial charge in [0.05, 0.1) is 29.2 Å². The van der Waals surface area contributed by atoms with Gasteiger partial charge in [0, 0.05) is 0 Å². The van der Waals surface area contributed by atoms with E-state index < -0.39 is 22.8 Å². The fourth-order valence-corrected chi connectivity index (χ4v) is 8.00. The average Bonchev–Trinajstić information content (AvgIpc) is 3.45. The van der Waals surface area contributed by atoms with E-state index >= 15 is 0 Å². The Hall–Kier alpha value is -3.28. The van der Waals surface area contributed by atoms with Crippen LogP contribution in [-0.4, -0.2) is 45.8 Å². The minimum absolute atomic E-state index is 0.0306. The molecule has 4 aliphatic carbocycles. The number of amides is 1. The number of nitrogens with zero attached hydrogens (tertiary/aromatic N) is 3. The van der Waals surface area contributed by atoms with Crippen molar-refractivity contribution in [3.8, 4) is 0 Å². The topological polar surface area (TPSA) is 143 Å². The number of nitrogens with one attached hydrogen (secondary N) is 1. The second kappa shape index (κ2) is 10.1. The molecule has 11 nitrogen and oxygen atoms in total. The summed E-state index contributed by atoms with van der Waals surface area (Å²) < 4.78 is 12.1. The van der Waals surface area contributed by atoms with Gasteiger partial charge in [0.1, 0.15) is 16.1 Å². The molecule has 4 aliphatic rings. The SMILES string of the molecule is CCCOC(=O)c1c(NC(=O)c2nn(C34CC5CC(CC(C5)C3)C4)cc2[N+](=O)[O-])sc(C(=O)OCC)c1C. The highest BCUT2D eigenvalue weighted by Gasteiger charge is 2.53. The molecule has 2 aromatic heterocycles. The molecule has 4 saturated carbocycles. The van der Waals surface area contributed by atoms with Gasteiger partial charge in [-0.15, -0.1) is 11.3 Å². The van der Waals surface area contributed by atoms with Gasteiger partial charge in [-0.25, -0.2) is 9.59 Å². The number of carbonyl (C=O) groups is 3. The molecule has 4 fully saturated rings. The number of hydrogen-bond donors (Lipinski definition) is 1. The molecule has 6 rings (SSSR count). The van der Waals surface area contributed by atoms with E-state index in [9.17, 15) is 24.5 Å². The quantitative estimate of drug-likeness (QED) is 0.261. The number of anilines is 1. The highest BCUT2D eigenvalue weighted by Crippen LogP contribution is 2.58. The number of rotatable bonds is 9. The summed E-state index contributed by atoms with van der Waals surface area (Å²) in [6.45, 7) is 5.39. The first-order valence-electron chi connectivity index (χ1n) is 13.2. The molecule has 204 valence electrons. The van der Waals surface area contributed by atoms with Gasteiger partial charge in [0.2, 0.25) is 5.69 Å². The summed E-state index contributed by atoms with van der Waals surface area (Å²) in [5.41, 5.74) is -0.653. The zero-order valence-electron chi connectivity index (χ0n) is 21.8. The summed E-state index contributed by atoms with van der Waals surface area (Å²) in [4.78, 5) is 50.3. The van der Waals surface area contributed by atoms with Gasteiger partial charge in [0.15, 0.2) is 0 Å². The van der Waals surface area contributed by atoms with Crippen molar-refractivity contribution in [2.75, 3.05) is 18.5 Å². The Bertz CT molecular complexity index is 1260. The molecule has 38 heavy (non-hydrogen) atoms. The number of esters is 2. The summed E-state index contributed by atoms with van der Waals surface area (Å²) >= 11 is 0.876. The third-order valence-corrected chi connectivity index (χ3v) is 9.26. The number of thiophene rings is 1. The summed E-state index contributed by atoms with van der Waals surface area (Å²) in [6, 6.07) is 0. The van der Waals surface area contributed by atoms with Crippen molar-refractivity contribution in [1.82, 2.24) is 9.78 Å². The van der Waals surface area contributed by atoms with Crippen LogP contribution in [0, 0.1) is 34.8 Å². The predicted molar refractivity (Wildman–Crippen MR) is 139 cm³/mol. The van der Waals surface area contributed by atoms with Gasteiger partial charge in [-0.1, -0.05) is 6.92 Å². The van der Waals surface area contributed by atoms with Crippen LogP contribution in [0.5, 0.6) is 0 Å². The van der Waals surface area contributed by atoms with Crippen LogP contribution in [0.25, 0.3) is 0 Å². The summed E-state index contributed by atoms with van der Waals surface area (Å²) in [5, 5.41) is 19.1. The Morgan fingerprint density at radius 2 is 1.76 bits per heavy atom. The Kier molecular flexibility index (Phi) is 7.01. The number of hydrogen-bond acceptors (Lipinski definition) is 9. The molecule has 0 atom stereocenters. The number of carbonyl (C=O) groups excluding carboxylic acids is 3. The van der Waals surface area contributed by atoms with Gasteiger partial charge in [-0.05, 0) is 82.1 Å². The van der Waals surface area contributed by atoms with Crippen LogP contribution in [0.4, 0.5) is 10.7 Å². The van der Waals surface area contributed by atoms with Crippen molar-refractivity contribution in [2.45, 2.75) is 71.3 Å². The molecule has 0 radical (unpaired) electrons. The monoisotopic (exact) mass is 544 g/mol. The van der Waals surface area contributed by atoms with E-state index in [1.165, 1.54) is 25.5 Å². The highest BCUT2D eigenvalue weighted by molar-refractivity contribution is 7.18. The average molecular weight is 545 g/mol. The van der Waals surface area contributed by atoms with E-state index in [1.54, 1.807) is 18.5 Å². The lowest BCUT2D eigenvalue weighted by Crippen LogP contribution is -2.52. The lowest BCUT2D eigenvalue weighted by atomic mass is 9.53. The Balaban J connectivity index is 1.48. The second-order valence-corrected chi connectivity index (χ2v) is 11.8. The molecule has 0 saturated heterocycles. The first kappa shape index (κ1) is 26.3. The van der Waals surface area contributed by atoms with Crippen molar-refractivity contribution in [2.24, 2.45) is 17.8 Å². The summed E-state index contributed by atoms with van der Waals surface area (Å²) in [5.74, 6) is -0.366. The molecule has 4 bridgehead atoms. The normalized spacial score (nSPS) is 25.3. The highest BCUT2D eigenvalue weighted by atomic mass is 32.1. The summed E-state index contributed by atoms with van der Waals surface area (Å²) in [6.07, 6.45) is 8.34. The minimum atomic E-state index is -0.818. The molecule has 2 aromatic rings. The van der Waals surface area contributed by atoms with Crippen molar-refractivity contribution in [3.63, 3.8) is 0 Å². The number of ether oxygens (including phenoxy) is 2. The van der Waals surface area contributed by atoms with E-state index in [0.29, 0.717) is 29.7 Å². The van der Waals surface area contributed by atoms with Crippen LogP contribution >= 0.6 is 11.3 Å². The third kappa shape index (κ3) is 4.59. The fraction of sp³-hybridized carbons (Fsp3) is 0.615. The Labute approximate surface area is 224 Å².